The Morgan fingerprint density at radius 3 is 1.48 bits per heavy atom. The highest BCUT2D eigenvalue weighted by Crippen LogP contribution is 2.23. The van der Waals surface area contributed by atoms with Crippen molar-refractivity contribution >= 4 is 11.8 Å². The number of aliphatic hydroxyl groups is 5. The quantitative estimate of drug-likeness (QED) is 0.0233. The maximum Gasteiger partial charge on any atom is 0.220 e. The largest absolute Gasteiger partial charge is 0.390 e. The molecule has 1 rings (SSSR count). The second-order valence-electron chi connectivity index (χ2n) is 18.2. The lowest BCUT2D eigenvalue weighted by Crippen LogP contribution is -2.61. The molecule has 8 unspecified atom stereocenters. The second-order valence-corrected chi connectivity index (χ2v) is 18.2. The van der Waals surface area contributed by atoms with Crippen molar-refractivity contribution in [3.8, 4) is 0 Å². The van der Waals surface area contributed by atoms with Crippen LogP contribution < -0.4 is 10.6 Å². The molecule has 1 aliphatic rings. The van der Waals surface area contributed by atoms with Gasteiger partial charge in [0.25, 0.3) is 0 Å². The van der Waals surface area contributed by atoms with Crippen LogP contribution in [0, 0.1) is 0 Å². The van der Waals surface area contributed by atoms with Crippen LogP contribution in [0.4, 0.5) is 0 Å². The molecule has 360 valence electrons. The molecule has 11 heteroatoms. The highest BCUT2D eigenvalue weighted by Gasteiger charge is 2.45. The molecule has 0 spiro atoms. The van der Waals surface area contributed by atoms with E-state index < -0.39 is 49.0 Å². The lowest BCUT2D eigenvalue weighted by atomic mass is 9.98. The first-order valence-electron chi connectivity index (χ1n) is 25.5. The van der Waals surface area contributed by atoms with Crippen LogP contribution in [0.25, 0.3) is 0 Å². The van der Waals surface area contributed by atoms with Crippen LogP contribution in [0.15, 0.2) is 12.2 Å². The average Bonchev–Trinajstić information content (AvgIpc) is 3.24. The summed E-state index contributed by atoms with van der Waals surface area (Å²) in [5, 5.41) is 59.1. The van der Waals surface area contributed by atoms with Gasteiger partial charge in [0.05, 0.1) is 18.8 Å². The van der Waals surface area contributed by atoms with Crippen molar-refractivity contribution in [2.75, 3.05) is 13.2 Å². The first-order chi connectivity index (χ1) is 29.6. The van der Waals surface area contributed by atoms with E-state index in [0.717, 1.165) is 44.9 Å². The number of carbonyl (C=O) groups is 2. The second kappa shape index (κ2) is 40.0. The van der Waals surface area contributed by atoms with Gasteiger partial charge in [-0.15, -0.1) is 0 Å². The standard InChI is InChI=1S/C50H96N2O9/c1-4-6-8-10-12-14-16-18-19-20-21-22-23-24-25-26-28-30-32-34-36-38-45(55)52-42(40-60-50-49(59)48(58)47(57)44(61-50)39-51-41(3)53)46(56)43(54)37-35-33-31-29-27-17-15-13-11-9-7-5-2/h18-19,42-44,46-50,54,56-59H,4-17,20-40H2,1-3H3,(H,51,53)(H,52,55)/b19-18+. The predicted octanol–water partition coefficient (Wildman–Crippen LogP) is 9.62. The highest BCUT2D eigenvalue weighted by molar-refractivity contribution is 5.76. The molecule has 0 aromatic carbocycles. The lowest BCUT2D eigenvalue weighted by molar-refractivity contribution is -0.297. The molecular weight excluding hydrogens is 773 g/mol. The fourth-order valence-electron chi connectivity index (χ4n) is 8.22. The molecule has 1 heterocycles. The summed E-state index contributed by atoms with van der Waals surface area (Å²) in [6.45, 7) is 5.39. The molecule has 1 fully saturated rings. The van der Waals surface area contributed by atoms with Crippen molar-refractivity contribution in [1.82, 2.24) is 10.6 Å². The van der Waals surface area contributed by atoms with Gasteiger partial charge in [0, 0.05) is 19.9 Å². The van der Waals surface area contributed by atoms with Crippen LogP contribution in [0.3, 0.4) is 0 Å². The number of hydrogen-bond donors (Lipinski definition) is 7. The van der Waals surface area contributed by atoms with Crippen LogP contribution in [-0.2, 0) is 19.1 Å². The summed E-state index contributed by atoms with van der Waals surface area (Å²) >= 11 is 0. The number of hydrogen-bond acceptors (Lipinski definition) is 9. The number of aliphatic hydroxyl groups excluding tert-OH is 5. The van der Waals surface area contributed by atoms with Crippen molar-refractivity contribution in [2.45, 2.75) is 282 Å². The van der Waals surface area contributed by atoms with Crippen molar-refractivity contribution in [2.24, 2.45) is 0 Å². The Bertz CT molecular complexity index is 1050. The van der Waals surface area contributed by atoms with E-state index in [4.69, 9.17) is 9.47 Å². The van der Waals surface area contributed by atoms with E-state index in [1.807, 2.05) is 0 Å². The molecule has 7 N–H and O–H groups in total. The first kappa shape index (κ1) is 57.4. The summed E-state index contributed by atoms with van der Waals surface area (Å²) in [6, 6.07) is -1.00. The third-order valence-corrected chi connectivity index (χ3v) is 12.3. The van der Waals surface area contributed by atoms with E-state index in [1.165, 1.54) is 155 Å². The Morgan fingerprint density at radius 1 is 0.590 bits per heavy atom. The lowest BCUT2D eigenvalue weighted by Gasteiger charge is -2.41. The van der Waals surface area contributed by atoms with E-state index in [9.17, 15) is 35.1 Å². The predicted molar refractivity (Wildman–Crippen MR) is 248 cm³/mol. The minimum atomic E-state index is -1.61. The molecule has 0 saturated carbocycles. The topological polar surface area (TPSA) is 178 Å². The molecule has 0 aliphatic carbocycles. The summed E-state index contributed by atoms with van der Waals surface area (Å²) in [5.41, 5.74) is 0. The molecule has 61 heavy (non-hydrogen) atoms. The monoisotopic (exact) mass is 869 g/mol. The summed E-state index contributed by atoms with van der Waals surface area (Å²) < 4.78 is 11.5. The van der Waals surface area contributed by atoms with Gasteiger partial charge in [0.1, 0.15) is 30.5 Å². The molecule has 0 bridgehead atoms. The van der Waals surface area contributed by atoms with Crippen LogP contribution in [-0.4, -0.2) is 99.5 Å². The molecule has 1 saturated heterocycles. The Balaban J connectivity index is 2.41. The molecule has 0 aromatic rings. The first-order valence-corrected chi connectivity index (χ1v) is 25.5. The van der Waals surface area contributed by atoms with Gasteiger partial charge in [-0.05, 0) is 38.5 Å². The number of rotatable bonds is 42. The van der Waals surface area contributed by atoms with Crippen molar-refractivity contribution in [3.05, 3.63) is 12.2 Å². The maximum absolute atomic E-state index is 13.1. The van der Waals surface area contributed by atoms with Crippen LogP contribution in [0.2, 0.25) is 0 Å². The minimum absolute atomic E-state index is 0.113. The van der Waals surface area contributed by atoms with Gasteiger partial charge >= 0.3 is 0 Å². The zero-order chi connectivity index (χ0) is 44.8. The molecule has 2 amide bonds. The molecule has 0 radical (unpaired) electrons. The fraction of sp³-hybridized carbons (Fsp3) is 0.920. The maximum atomic E-state index is 13.1. The Labute approximate surface area is 373 Å². The zero-order valence-corrected chi connectivity index (χ0v) is 39.4. The summed E-state index contributed by atoms with van der Waals surface area (Å²) in [7, 11) is 0. The smallest absolute Gasteiger partial charge is 0.220 e. The van der Waals surface area contributed by atoms with Gasteiger partial charge in [0.2, 0.25) is 11.8 Å². The van der Waals surface area contributed by atoms with Crippen LogP contribution in [0.1, 0.15) is 233 Å². The van der Waals surface area contributed by atoms with Crippen molar-refractivity contribution in [1.29, 1.82) is 0 Å². The minimum Gasteiger partial charge on any atom is -0.390 e. The SMILES string of the molecule is CCCCCCCC/C=C/CCCCCCCCCCCCCC(=O)NC(COC1OC(CNC(C)=O)C(O)C(O)C1O)C(O)C(O)CCCCCCCCCCCCCC. The summed E-state index contributed by atoms with van der Waals surface area (Å²) in [6.07, 6.45) is 33.6. The number of allylic oxidation sites excluding steroid dienone is 2. The molecular formula is C50H96N2O9. The van der Waals surface area contributed by atoms with E-state index in [1.54, 1.807) is 0 Å². The zero-order valence-electron chi connectivity index (χ0n) is 39.4. The van der Waals surface area contributed by atoms with Gasteiger partial charge in [-0.1, -0.05) is 193 Å². The Kier molecular flexibility index (Phi) is 37.6. The third kappa shape index (κ3) is 31.0. The number of carbonyl (C=O) groups excluding carboxylic acids is 2. The number of unbranched alkanes of at least 4 members (excludes halogenated alkanes) is 28. The van der Waals surface area contributed by atoms with Gasteiger partial charge in [-0.2, -0.15) is 0 Å². The van der Waals surface area contributed by atoms with Crippen molar-refractivity contribution < 1.29 is 44.6 Å². The van der Waals surface area contributed by atoms with Gasteiger partial charge in [0.15, 0.2) is 6.29 Å². The normalized spacial score (nSPS) is 20.8. The number of nitrogens with one attached hydrogen (secondary N) is 2. The molecule has 0 aromatic heterocycles. The van der Waals surface area contributed by atoms with E-state index in [0.29, 0.717) is 12.8 Å². The molecule has 1 aliphatic heterocycles. The van der Waals surface area contributed by atoms with E-state index in [-0.39, 0.29) is 31.4 Å². The average molecular weight is 869 g/mol. The highest BCUT2D eigenvalue weighted by atomic mass is 16.7. The van der Waals surface area contributed by atoms with Gasteiger partial charge in [-0.3, -0.25) is 9.59 Å². The van der Waals surface area contributed by atoms with Gasteiger partial charge < -0.3 is 45.6 Å². The Morgan fingerprint density at radius 2 is 1.02 bits per heavy atom. The fourth-order valence-corrected chi connectivity index (χ4v) is 8.22. The van der Waals surface area contributed by atoms with E-state index >= 15 is 0 Å². The molecule has 11 nitrogen and oxygen atoms in total. The third-order valence-electron chi connectivity index (χ3n) is 12.3. The van der Waals surface area contributed by atoms with Crippen LogP contribution in [0.5, 0.6) is 0 Å². The summed E-state index contributed by atoms with van der Waals surface area (Å²) in [5.74, 6) is -0.613. The van der Waals surface area contributed by atoms with Crippen molar-refractivity contribution in [3.63, 3.8) is 0 Å². The van der Waals surface area contributed by atoms with Gasteiger partial charge in [-0.25, -0.2) is 0 Å². The number of amides is 2. The summed E-state index contributed by atoms with van der Waals surface area (Å²) in [4.78, 5) is 24.6. The molecule has 8 atom stereocenters. The number of ether oxygens (including phenoxy) is 2. The van der Waals surface area contributed by atoms with E-state index in [2.05, 4.69) is 36.6 Å². The Hall–Kier alpha value is -1.60. The van der Waals surface area contributed by atoms with Crippen LogP contribution >= 0.6 is 0 Å².